The minimum atomic E-state index is -0.725. The molecule has 2 atom stereocenters. The van der Waals surface area contributed by atoms with E-state index >= 15 is 0 Å². The minimum absolute atomic E-state index is 0.137. The van der Waals surface area contributed by atoms with E-state index in [0.29, 0.717) is 13.2 Å². The van der Waals surface area contributed by atoms with Gasteiger partial charge in [0.15, 0.2) is 0 Å². The van der Waals surface area contributed by atoms with Gasteiger partial charge in [-0.1, -0.05) is 0 Å². The Morgan fingerprint density at radius 2 is 2.45 bits per heavy atom. The molecule has 1 aliphatic heterocycles. The van der Waals surface area contributed by atoms with E-state index in [2.05, 4.69) is 5.32 Å². The van der Waals surface area contributed by atoms with Crippen LogP contribution in [0.25, 0.3) is 0 Å². The summed E-state index contributed by atoms with van der Waals surface area (Å²) in [6, 6.07) is 0. The maximum Gasteiger partial charge on any atom is 0.308 e. The normalized spacial score (nSPS) is 30.6. The third-order valence-corrected chi connectivity index (χ3v) is 2.04. The van der Waals surface area contributed by atoms with Gasteiger partial charge in [0.2, 0.25) is 0 Å². The van der Waals surface area contributed by atoms with Crippen LogP contribution in [0.15, 0.2) is 0 Å². The molecule has 0 bridgehead atoms. The molecule has 0 spiro atoms. The highest BCUT2D eigenvalue weighted by molar-refractivity contribution is 5.71. The molecule has 0 aromatic rings. The van der Waals surface area contributed by atoms with Gasteiger partial charge in [-0.2, -0.15) is 0 Å². The topological polar surface area (TPSA) is 58.6 Å². The molecule has 4 nitrogen and oxygen atoms in total. The molecule has 0 amide bonds. The number of methoxy groups -OCH3 is 1. The molecule has 64 valence electrons. The van der Waals surface area contributed by atoms with Crippen molar-refractivity contribution in [2.45, 2.75) is 0 Å². The number of rotatable bonds is 3. The van der Waals surface area contributed by atoms with Crippen molar-refractivity contribution in [1.82, 2.24) is 5.32 Å². The summed E-state index contributed by atoms with van der Waals surface area (Å²) in [5, 5.41) is 11.7. The molecular weight excluding hydrogens is 146 g/mol. The average molecular weight is 159 g/mol. The van der Waals surface area contributed by atoms with E-state index in [1.165, 1.54) is 0 Å². The number of ether oxygens (including phenoxy) is 1. The van der Waals surface area contributed by atoms with E-state index in [1.807, 2.05) is 0 Å². The van der Waals surface area contributed by atoms with Crippen LogP contribution in [-0.4, -0.2) is 37.9 Å². The molecule has 1 aliphatic rings. The Morgan fingerprint density at radius 1 is 1.73 bits per heavy atom. The molecular formula is C7H13NO3. The highest BCUT2D eigenvalue weighted by Crippen LogP contribution is 2.16. The number of hydrogen-bond acceptors (Lipinski definition) is 3. The number of carboxylic acid groups (broad SMARTS) is 1. The third-order valence-electron chi connectivity index (χ3n) is 2.04. The molecule has 0 saturated carbocycles. The zero-order valence-corrected chi connectivity index (χ0v) is 6.54. The largest absolute Gasteiger partial charge is 0.481 e. The monoisotopic (exact) mass is 159 g/mol. The summed E-state index contributed by atoms with van der Waals surface area (Å²) >= 11 is 0. The third kappa shape index (κ3) is 1.91. The van der Waals surface area contributed by atoms with E-state index in [-0.39, 0.29) is 11.8 Å². The highest BCUT2D eigenvalue weighted by Gasteiger charge is 2.32. The second-order valence-electron chi connectivity index (χ2n) is 2.82. The van der Waals surface area contributed by atoms with Gasteiger partial charge < -0.3 is 15.2 Å². The molecule has 2 unspecified atom stereocenters. The van der Waals surface area contributed by atoms with E-state index in [9.17, 15) is 4.79 Å². The first kappa shape index (κ1) is 8.49. The van der Waals surface area contributed by atoms with Crippen LogP contribution in [0.2, 0.25) is 0 Å². The molecule has 2 N–H and O–H groups in total. The fraction of sp³-hybridized carbons (Fsp3) is 0.857. The Labute approximate surface area is 65.5 Å². The lowest BCUT2D eigenvalue weighted by atomic mass is 9.97. The van der Waals surface area contributed by atoms with E-state index in [0.717, 1.165) is 6.54 Å². The molecule has 0 aliphatic carbocycles. The summed E-state index contributed by atoms with van der Waals surface area (Å²) in [5.74, 6) is -0.857. The first-order valence-corrected chi connectivity index (χ1v) is 3.68. The summed E-state index contributed by atoms with van der Waals surface area (Å²) in [4.78, 5) is 10.6. The molecule has 1 rings (SSSR count). The summed E-state index contributed by atoms with van der Waals surface area (Å²) in [6.07, 6.45) is 0. The lowest BCUT2D eigenvalue weighted by Crippen LogP contribution is -2.25. The van der Waals surface area contributed by atoms with E-state index in [1.54, 1.807) is 7.11 Å². The predicted octanol–water partition coefficient (Wildman–Crippen LogP) is -0.447. The maximum atomic E-state index is 10.6. The van der Waals surface area contributed by atoms with Crippen LogP contribution in [0, 0.1) is 11.8 Å². The Bertz CT molecular complexity index is 149. The highest BCUT2D eigenvalue weighted by atomic mass is 16.5. The summed E-state index contributed by atoms with van der Waals surface area (Å²) in [7, 11) is 1.59. The molecule has 1 fully saturated rings. The number of aliphatic carboxylic acids is 1. The summed E-state index contributed by atoms with van der Waals surface area (Å²) in [6.45, 7) is 1.86. The van der Waals surface area contributed by atoms with Crippen LogP contribution < -0.4 is 5.32 Å². The molecule has 1 heterocycles. The maximum absolute atomic E-state index is 10.6. The Hall–Kier alpha value is -0.610. The molecule has 1 saturated heterocycles. The smallest absolute Gasteiger partial charge is 0.308 e. The second-order valence-corrected chi connectivity index (χ2v) is 2.82. The molecule has 0 aromatic carbocycles. The summed E-state index contributed by atoms with van der Waals surface area (Å²) < 4.78 is 4.90. The van der Waals surface area contributed by atoms with Crippen LogP contribution in [0.5, 0.6) is 0 Å². The minimum Gasteiger partial charge on any atom is -0.481 e. The molecule has 4 heteroatoms. The number of carboxylic acids is 1. The van der Waals surface area contributed by atoms with Crippen molar-refractivity contribution in [1.29, 1.82) is 0 Å². The Morgan fingerprint density at radius 3 is 3.00 bits per heavy atom. The number of nitrogens with one attached hydrogen (secondary N) is 1. The predicted molar refractivity (Wildman–Crippen MR) is 39.4 cm³/mol. The van der Waals surface area contributed by atoms with E-state index in [4.69, 9.17) is 9.84 Å². The van der Waals surface area contributed by atoms with Crippen LogP contribution in [0.3, 0.4) is 0 Å². The van der Waals surface area contributed by atoms with Gasteiger partial charge in [0, 0.05) is 26.1 Å². The van der Waals surface area contributed by atoms with Gasteiger partial charge in [0.1, 0.15) is 0 Å². The van der Waals surface area contributed by atoms with Crippen LogP contribution >= 0.6 is 0 Å². The van der Waals surface area contributed by atoms with Gasteiger partial charge in [-0.05, 0) is 0 Å². The lowest BCUT2D eigenvalue weighted by Gasteiger charge is -2.12. The van der Waals surface area contributed by atoms with Gasteiger partial charge in [0.05, 0.1) is 12.5 Å². The molecule has 11 heavy (non-hydrogen) atoms. The average Bonchev–Trinajstić information content (AvgIpc) is 2.36. The number of hydrogen-bond donors (Lipinski definition) is 2. The van der Waals surface area contributed by atoms with Crippen LogP contribution in [0.4, 0.5) is 0 Å². The fourth-order valence-corrected chi connectivity index (χ4v) is 1.41. The lowest BCUT2D eigenvalue weighted by molar-refractivity contribution is -0.142. The SMILES string of the molecule is COCC1CNCC1C(=O)O. The van der Waals surface area contributed by atoms with Gasteiger partial charge >= 0.3 is 5.97 Å². The number of carbonyl (C=O) groups is 1. The second kappa shape index (κ2) is 3.69. The Kier molecular flexibility index (Phi) is 2.84. The van der Waals surface area contributed by atoms with Crippen molar-refractivity contribution in [3.63, 3.8) is 0 Å². The van der Waals surface area contributed by atoms with Crippen molar-refractivity contribution in [3.8, 4) is 0 Å². The van der Waals surface area contributed by atoms with Crippen molar-refractivity contribution >= 4 is 5.97 Å². The van der Waals surface area contributed by atoms with Crippen LogP contribution in [0.1, 0.15) is 0 Å². The van der Waals surface area contributed by atoms with Crippen molar-refractivity contribution < 1.29 is 14.6 Å². The zero-order valence-electron chi connectivity index (χ0n) is 6.54. The standard InChI is InChI=1S/C7H13NO3/c1-11-4-5-2-8-3-6(5)7(9)10/h5-6,8H,2-4H2,1H3,(H,9,10). The molecule has 0 radical (unpaired) electrons. The van der Waals surface area contributed by atoms with Crippen molar-refractivity contribution in [2.24, 2.45) is 11.8 Å². The van der Waals surface area contributed by atoms with Crippen molar-refractivity contribution in [2.75, 3.05) is 26.8 Å². The first-order chi connectivity index (χ1) is 5.25. The fourth-order valence-electron chi connectivity index (χ4n) is 1.41. The zero-order chi connectivity index (χ0) is 8.27. The van der Waals surface area contributed by atoms with Gasteiger partial charge in [0.25, 0.3) is 0 Å². The summed E-state index contributed by atoms with van der Waals surface area (Å²) in [5.41, 5.74) is 0. The quantitative estimate of drug-likeness (QED) is 0.585. The first-order valence-electron chi connectivity index (χ1n) is 3.68. The van der Waals surface area contributed by atoms with Gasteiger partial charge in [-0.25, -0.2) is 0 Å². The van der Waals surface area contributed by atoms with Gasteiger partial charge in [-0.3, -0.25) is 4.79 Å². The van der Waals surface area contributed by atoms with Crippen molar-refractivity contribution in [3.05, 3.63) is 0 Å². The molecule has 0 aromatic heterocycles. The van der Waals surface area contributed by atoms with Gasteiger partial charge in [-0.15, -0.1) is 0 Å². The van der Waals surface area contributed by atoms with Crippen LogP contribution in [-0.2, 0) is 9.53 Å². The Balaban J connectivity index is 2.44. The van der Waals surface area contributed by atoms with E-state index < -0.39 is 5.97 Å².